The SMILES string of the molecule is Cc1cn([C@@H]2O[C@H](CO)[C@@H](O)C2(F)F)c(=O)nc1NC(=O)CCC(=O)N1Cc2ccccc2C#Cc2ccccc21. The molecule has 0 spiro atoms. The van der Waals surface area contributed by atoms with E-state index in [0.29, 0.717) is 15.8 Å². The van der Waals surface area contributed by atoms with Crippen molar-refractivity contribution < 1.29 is 33.3 Å². The highest BCUT2D eigenvalue weighted by molar-refractivity contribution is 5.99. The van der Waals surface area contributed by atoms with Crippen molar-refractivity contribution in [1.29, 1.82) is 0 Å². The molecule has 10 nitrogen and oxygen atoms in total. The number of amides is 2. The number of carbonyl (C=O) groups excluding carboxylic acids is 2. The van der Waals surface area contributed by atoms with Gasteiger partial charge < -0.3 is 25.2 Å². The summed E-state index contributed by atoms with van der Waals surface area (Å²) in [7, 11) is 0. The molecule has 212 valence electrons. The van der Waals surface area contributed by atoms with Crippen LogP contribution in [0.4, 0.5) is 20.3 Å². The molecule has 0 aliphatic carbocycles. The Morgan fingerprint density at radius 1 is 1.12 bits per heavy atom. The second-order valence-electron chi connectivity index (χ2n) is 9.74. The first-order chi connectivity index (χ1) is 19.6. The summed E-state index contributed by atoms with van der Waals surface area (Å²) in [6, 6.07) is 14.7. The molecule has 3 heterocycles. The maximum atomic E-state index is 14.5. The highest BCUT2D eigenvalue weighted by atomic mass is 19.3. The van der Waals surface area contributed by atoms with Gasteiger partial charge in [-0.1, -0.05) is 42.2 Å². The van der Waals surface area contributed by atoms with E-state index in [0.717, 1.165) is 17.3 Å². The van der Waals surface area contributed by atoms with E-state index in [9.17, 15) is 33.4 Å². The lowest BCUT2D eigenvalue weighted by Crippen LogP contribution is -2.42. The van der Waals surface area contributed by atoms with Gasteiger partial charge in [-0.05, 0) is 30.7 Å². The Kier molecular flexibility index (Phi) is 7.68. The van der Waals surface area contributed by atoms with Gasteiger partial charge in [-0.15, -0.1) is 0 Å². The molecule has 2 aromatic carbocycles. The van der Waals surface area contributed by atoms with Crippen molar-refractivity contribution in [1.82, 2.24) is 9.55 Å². The number of nitrogens with zero attached hydrogens (tertiary/aromatic N) is 3. The summed E-state index contributed by atoms with van der Waals surface area (Å²) in [5.41, 5.74) is 1.97. The van der Waals surface area contributed by atoms with Crippen molar-refractivity contribution in [3.8, 4) is 11.8 Å². The normalized spacial score (nSPS) is 20.6. The van der Waals surface area contributed by atoms with E-state index in [2.05, 4.69) is 22.1 Å². The van der Waals surface area contributed by atoms with E-state index in [1.54, 1.807) is 17.0 Å². The summed E-state index contributed by atoms with van der Waals surface area (Å²) in [4.78, 5) is 43.9. The van der Waals surface area contributed by atoms with Crippen LogP contribution in [0.3, 0.4) is 0 Å². The molecule has 1 fully saturated rings. The maximum Gasteiger partial charge on any atom is 0.351 e. The molecule has 1 saturated heterocycles. The quantitative estimate of drug-likeness (QED) is 0.391. The average Bonchev–Trinajstić information content (AvgIpc) is 3.18. The number of carbonyl (C=O) groups is 2. The van der Waals surface area contributed by atoms with E-state index in [4.69, 9.17) is 4.74 Å². The highest BCUT2D eigenvalue weighted by Crippen LogP contribution is 2.42. The molecule has 12 heteroatoms. The lowest BCUT2D eigenvalue weighted by molar-refractivity contribution is -0.141. The molecule has 3 N–H and O–H groups in total. The number of aryl methyl sites for hydroxylation is 1. The molecule has 5 rings (SSSR count). The molecule has 3 atom stereocenters. The van der Waals surface area contributed by atoms with Crippen molar-refractivity contribution in [3.05, 3.63) is 87.5 Å². The number of nitrogens with one attached hydrogen (secondary N) is 1. The third kappa shape index (κ3) is 5.47. The van der Waals surface area contributed by atoms with Crippen molar-refractivity contribution in [3.63, 3.8) is 0 Å². The lowest BCUT2D eigenvalue weighted by Gasteiger charge is -2.26. The second-order valence-corrected chi connectivity index (χ2v) is 9.74. The Balaban J connectivity index is 1.29. The van der Waals surface area contributed by atoms with E-state index < -0.39 is 42.6 Å². The molecular weight excluding hydrogens is 538 g/mol. The van der Waals surface area contributed by atoms with Crippen LogP contribution < -0.4 is 15.9 Å². The number of rotatable bonds is 6. The zero-order chi connectivity index (χ0) is 29.3. The fourth-order valence-corrected chi connectivity index (χ4v) is 4.74. The Morgan fingerprint density at radius 2 is 1.80 bits per heavy atom. The molecule has 0 saturated carbocycles. The Labute approximate surface area is 233 Å². The van der Waals surface area contributed by atoms with Crippen LogP contribution in [0, 0.1) is 18.8 Å². The molecule has 3 aromatic rings. The third-order valence-electron chi connectivity index (χ3n) is 6.94. The van der Waals surface area contributed by atoms with E-state index in [1.165, 1.54) is 6.92 Å². The van der Waals surface area contributed by atoms with E-state index in [-0.39, 0.29) is 36.7 Å². The number of aromatic nitrogens is 2. The second kappa shape index (κ2) is 11.2. The summed E-state index contributed by atoms with van der Waals surface area (Å²) < 4.78 is 34.5. The summed E-state index contributed by atoms with van der Waals surface area (Å²) >= 11 is 0. The van der Waals surface area contributed by atoms with Crippen molar-refractivity contribution >= 4 is 23.3 Å². The van der Waals surface area contributed by atoms with Crippen LogP contribution in [-0.2, 0) is 20.9 Å². The number of aliphatic hydroxyl groups is 2. The number of ether oxygens (including phenoxy) is 1. The molecular formula is C29H26F2N4O6. The molecule has 0 unspecified atom stereocenters. The first-order valence-corrected chi connectivity index (χ1v) is 12.8. The van der Waals surface area contributed by atoms with Crippen LogP contribution in [0.1, 0.15) is 41.3 Å². The van der Waals surface area contributed by atoms with Gasteiger partial charge in [0.2, 0.25) is 18.0 Å². The number of hydrogen-bond donors (Lipinski definition) is 3. The minimum Gasteiger partial charge on any atom is -0.394 e. The molecule has 41 heavy (non-hydrogen) atoms. The smallest absolute Gasteiger partial charge is 0.351 e. The largest absolute Gasteiger partial charge is 0.394 e. The molecule has 2 amide bonds. The van der Waals surface area contributed by atoms with Crippen molar-refractivity contribution in [2.24, 2.45) is 0 Å². The Morgan fingerprint density at radius 3 is 2.54 bits per heavy atom. The molecule has 0 radical (unpaired) electrons. The van der Waals surface area contributed by atoms with Gasteiger partial charge in [-0.2, -0.15) is 13.8 Å². The number of para-hydroxylation sites is 1. The monoisotopic (exact) mass is 564 g/mol. The molecule has 1 aromatic heterocycles. The summed E-state index contributed by atoms with van der Waals surface area (Å²) in [6.45, 7) is 0.831. The van der Waals surface area contributed by atoms with Crippen LogP contribution in [-0.4, -0.2) is 56.3 Å². The van der Waals surface area contributed by atoms with Gasteiger partial charge in [0, 0.05) is 35.7 Å². The van der Waals surface area contributed by atoms with E-state index in [1.807, 2.05) is 36.4 Å². The predicted molar refractivity (Wildman–Crippen MR) is 143 cm³/mol. The number of hydrogen-bond acceptors (Lipinski definition) is 7. The van der Waals surface area contributed by atoms with Crippen LogP contribution in [0.15, 0.2) is 59.5 Å². The van der Waals surface area contributed by atoms with E-state index >= 15 is 0 Å². The number of halogens is 2. The summed E-state index contributed by atoms with van der Waals surface area (Å²) in [5.74, 6) is 1.30. The van der Waals surface area contributed by atoms with Gasteiger partial charge >= 0.3 is 11.6 Å². The van der Waals surface area contributed by atoms with Gasteiger partial charge in [0.05, 0.1) is 18.8 Å². The molecule has 0 bridgehead atoms. The van der Waals surface area contributed by atoms with Crippen LogP contribution in [0.2, 0.25) is 0 Å². The standard InChI is InChI=1S/C29H26F2N4O6/c1-17-14-35(27-29(30,31)25(39)22(16-36)41-27)28(40)33-26(17)32-23(37)12-13-24(38)34-15-20-8-3-2-6-18(20)10-11-19-7-4-5-9-21(19)34/h2-9,14,22,25,27,36,39H,12-13,15-16H2,1H3,(H,32,33,37,40)/t22-,25-,27-/m1/s1. The van der Waals surface area contributed by atoms with Crippen LogP contribution >= 0.6 is 0 Å². The summed E-state index contributed by atoms with van der Waals surface area (Å²) in [6.07, 6.45) is -5.46. The number of fused-ring (bicyclic) bond motifs is 2. The third-order valence-corrected chi connectivity index (χ3v) is 6.94. The fourth-order valence-electron chi connectivity index (χ4n) is 4.74. The van der Waals surface area contributed by atoms with Crippen molar-refractivity contribution in [2.75, 3.05) is 16.8 Å². The number of alkyl halides is 2. The van der Waals surface area contributed by atoms with Crippen molar-refractivity contribution in [2.45, 2.75) is 50.7 Å². The maximum absolute atomic E-state index is 14.5. The molecule has 2 aliphatic rings. The van der Waals surface area contributed by atoms with Gasteiger partial charge in [-0.25, -0.2) is 4.79 Å². The van der Waals surface area contributed by atoms with Gasteiger partial charge in [0.25, 0.3) is 0 Å². The minimum absolute atomic E-state index is 0.158. The number of aliphatic hydroxyl groups excluding tert-OH is 2. The topological polar surface area (TPSA) is 134 Å². The van der Waals surface area contributed by atoms with Gasteiger partial charge in [0.15, 0.2) is 6.10 Å². The van der Waals surface area contributed by atoms with Crippen LogP contribution in [0.25, 0.3) is 0 Å². The van der Waals surface area contributed by atoms with Crippen LogP contribution in [0.5, 0.6) is 0 Å². The highest BCUT2D eigenvalue weighted by Gasteiger charge is 2.59. The first-order valence-electron chi connectivity index (χ1n) is 12.8. The van der Waals surface area contributed by atoms with Gasteiger partial charge in [-0.3, -0.25) is 14.2 Å². The zero-order valence-electron chi connectivity index (χ0n) is 21.9. The van der Waals surface area contributed by atoms with Gasteiger partial charge in [0.1, 0.15) is 11.9 Å². The zero-order valence-corrected chi connectivity index (χ0v) is 21.9. The fraction of sp³-hybridized carbons (Fsp3) is 0.310. The number of benzene rings is 2. The summed E-state index contributed by atoms with van der Waals surface area (Å²) in [5, 5.41) is 21.4. The number of anilines is 2. The lowest BCUT2D eigenvalue weighted by atomic mass is 10.0. The average molecular weight is 565 g/mol. The Hall–Kier alpha value is -4.44. The minimum atomic E-state index is -3.87. The predicted octanol–water partition coefficient (Wildman–Crippen LogP) is 2.10. The molecule has 2 aliphatic heterocycles. The first kappa shape index (κ1) is 28.1. The Bertz CT molecular complexity index is 1630.